The third kappa shape index (κ3) is 3.51. The Hall–Kier alpha value is -1.45. The zero-order chi connectivity index (χ0) is 13.1. The predicted molar refractivity (Wildman–Crippen MR) is 61.5 cm³/mol. The number of carbonyl (C=O) groups excluding carboxylic acids is 1. The first-order valence-electron chi connectivity index (χ1n) is 5.46. The highest BCUT2D eigenvalue weighted by molar-refractivity contribution is 6.00. The molecule has 1 rings (SSSR count). The first kappa shape index (κ1) is 13.6. The zero-order valence-electron chi connectivity index (χ0n) is 10.2. The van der Waals surface area contributed by atoms with Crippen LogP contribution in [-0.4, -0.2) is 12.4 Å². The van der Waals surface area contributed by atoms with Gasteiger partial charge in [0.15, 0.2) is 5.78 Å². The maximum absolute atomic E-state index is 12.0. The number of carbonyl (C=O) groups is 1. The van der Waals surface area contributed by atoms with E-state index in [0.29, 0.717) is 5.56 Å². The lowest BCUT2D eigenvalue weighted by atomic mass is 9.82. The minimum Gasteiger partial charge on any atom is -0.435 e. The Bertz CT molecular complexity index is 383. The van der Waals surface area contributed by atoms with Gasteiger partial charge in [-0.05, 0) is 30.7 Å². The molecule has 0 N–H and O–H groups in total. The van der Waals surface area contributed by atoms with Crippen LogP contribution in [0.5, 0.6) is 5.75 Å². The Balaban J connectivity index is 2.84. The highest BCUT2D eigenvalue weighted by Crippen LogP contribution is 2.26. The molecule has 17 heavy (non-hydrogen) atoms. The van der Waals surface area contributed by atoms with Crippen LogP contribution in [0.2, 0.25) is 0 Å². The number of ketones is 1. The highest BCUT2D eigenvalue weighted by Gasteiger charge is 2.26. The molecule has 1 aromatic carbocycles. The zero-order valence-corrected chi connectivity index (χ0v) is 10.2. The van der Waals surface area contributed by atoms with Crippen molar-refractivity contribution in [3.8, 4) is 5.75 Å². The molecule has 4 heteroatoms. The van der Waals surface area contributed by atoms with E-state index >= 15 is 0 Å². The summed E-state index contributed by atoms with van der Waals surface area (Å²) < 4.78 is 28.1. The Kier molecular flexibility index (Phi) is 4.21. The van der Waals surface area contributed by atoms with Crippen molar-refractivity contribution < 1.29 is 18.3 Å². The molecule has 94 valence electrons. The van der Waals surface area contributed by atoms with Gasteiger partial charge in [-0.15, -0.1) is 0 Å². The summed E-state index contributed by atoms with van der Waals surface area (Å²) in [7, 11) is 0. The number of benzene rings is 1. The summed E-state index contributed by atoms with van der Waals surface area (Å²) in [6.07, 6.45) is 0.723. The quantitative estimate of drug-likeness (QED) is 0.732. The Labute approximate surface area is 99.6 Å². The summed E-state index contributed by atoms with van der Waals surface area (Å²) in [5, 5.41) is 0. The van der Waals surface area contributed by atoms with Crippen LogP contribution in [0.3, 0.4) is 0 Å². The number of rotatable bonds is 5. The molecule has 0 aliphatic rings. The van der Waals surface area contributed by atoms with Crippen LogP contribution >= 0.6 is 0 Å². The number of hydrogen-bond acceptors (Lipinski definition) is 2. The van der Waals surface area contributed by atoms with Crippen LogP contribution in [0.25, 0.3) is 0 Å². The molecule has 0 aromatic heterocycles. The van der Waals surface area contributed by atoms with Crippen LogP contribution < -0.4 is 4.74 Å². The number of ether oxygens (including phenoxy) is 1. The van der Waals surface area contributed by atoms with Crippen LogP contribution in [0.4, 0.5) is 8.78 Å². The molecule has 0 aliphatic carbocycles. The molecule has 0 amide bonds. The number of hydrogen-bond donors (Lipinski definition) is 0. The first-order chi connectivity index (χ1) is 7.86. The molecule has 0 aliphatic heterocycles. The summed E-state index contributed by atoms with van der Waals surface area (Å²) >= 11 is 0. The van der Waals surface area contributed by atoms with Crippen molar-refractivity contribution in [2.24, 2.45) is 5.41 Å². The van der Waals surface area contributed by atoms with Gasteiger partial charge < -0.3 is 4.74 Å². The van der Waals surface area contributed by atoms with E-state index in [2.05, 4.69) is 4.74 Å². The molecule has 0 heterocycles. The van der Waals surface area contributed by atoms with Crippen molar-refractivity contribution in [3.63, 3.8) is 0 Å². The summed E-state index contributed by atoms with van der Waals surface area (Å²) in [5.74, 6) is 0.0643. The number of alkyl halides is 2. The summed E-state index contributed by atoms with van der Waals surface area (Å²) in [5.41, 5.74) is 0.0731. The fourth-order valence-electron chi connectivity index (χ4n) is 1.34. The van der Waals surface area contributed by atoms with Crippen molar-refractivity contribution in [1.82, 2.24) is 0 Å². The maximum Gasteiger partial charge on any atom is 0.387 e. The Morgan fingerprint density at radius 2 is 1.82 bits per heavy atom. The molecule has 2 nitrogen and oxygen atoms in total. The second kappa shape index (κ2) is 5.25. The fraction of sp³-hybridized carbons (Fsp3) is 0.462. The summed E-state index contributed by atoms with van der Waals surface area (Å²) in [4.78, 5) is 12.0. The van der Waals surface area contributed by atoms with E-state index < -0.39 is 12.0 Å². The van der Waals surface area contributed by atoms with Crippen molar-refractivity contribution in [2.75, 3.05) is 0 Å². The van der Waals surface area contributed by atoms with E-state index in [0.717, 1.165) is 6.42 Å². The highest BCUT2D eigenvalue weighted by atomic mass is 19.3. The number of Topliss-reactive ketones (excluding diaryl/α,β-unsaturated/α-hetero) is 1. The normalized spacial score (nSPS) is 11.6. The monoisotopic (exact) mass is 242 g/mol. The lowest BCUT2D eigenvalue weighted by Gasteiger charge is -2.20. The van der Waals surface area contributed by atoms with Gasteiger partial charge in [0, 0.05) is 11.0 Å². The van der Waals surface area contributed by atoms with Gasteiger partial charge in [0.2, 0.25) is 0 Å². The molecule has 0 spiro atoms. The van der Waals surface area contributed by atoms with Crippen LogP contribution in [0.1, 0.15) is 37.6 Å². The Morgan fingerprint density at radius 1 is 1.29 bits per heavy atom. The van der Waals surface area contributed by atoms with Crippen LogP contribution in [0, 0.1) is 5.41 Å². The van der Waals surface area contributed by atoms with Crippen molar-refractivity contribution in [3.05, 3.63) is 29.8 Å². The third-order valence-electron chi connectivity index (χ3n) is 2.84. The second-order valence-electron chi connectivity index (χ2n) is 4.47. The summed E-state index contributed by atoms with van der Waals surface area (Å²) in [6.45, 7) is 2.81. The van der Waals surface area contributed by atoms with E-state index in [1.54, 1.807) is 0 Å². The Morgan fingerprint density at radius 3 is 2.24 bits per heavy atom. The van der Waals surface area contributed by atoms with Gasteiger partial charge in [-0.1, -0.05) is 20.8 Å². The van der Waals surface area contributed by atoms with Gasteiger partial charge >= 0.3 is 6.61 Å². The largest absolute Gasteiger partial charge is 0.435 e. The molecule has 0 radical (unpaired) electrons. The smallest absolute Gasteiger partial charge is 0.387 e. The minimum absolute atomic E-state index is 0.00333. The molecule has 0 bridgehead atoms. The van der Waals surface area contributed by atoms with Gasteiger partial charge in [0.25, 0.3) is 0 Å². The second-order valence-corrected chi connectivity index (χ2v) is 4.47. The van der Waals surface area contributed by atoms with E-state index in [1.165, 1.54) is 24.3 Å². The standard InChI is InChI=1S/C13H16F2O2/c1-4-13(2,3)11(16)9-5-7-10(8-6-9)17-12(14)15/h5-8,12H,4H2,1-3H3. The predicted octanol–water partition coefficient (Wildman–Crippen LogP) is 3.91. The lowest BCUT2D eigenvalue weighted by Crippen LogP contribution is -2.23. The summed E-state index contributed by atoms with van der Waals surface area (Å²) in [6, 6.07) is 5.78. The van der Waals surface area contributed by atoms with Crippen molar-refractivity contribution in [2.45, 2.75) is 33.8 Å². The molecule has 0 saturated heterocycles. The third-order valence-corrected chi connectivity index (χ3v) is 2.84. The van der Waals surface area contributed by atoms with Gasteiger partial charge in [-0.2, -0.15) is 8.78 Å². The van der Waals surface area contributed by atoms with E-state index in [4.69, 9.17) is 0 Å². The van der Waals surface area contributed by atoms with E-state index in [9.17, 15) is 13.6 Å². The number of halogens is 2. The van der Waals surface area contributed by atoms with Crippen molar-refractivity contribution >= 4 is 5.78 Å². The van der Waals surface area contributed by atoms with Gasteiger partial charge in [0.1, 0.15) is 5.75 Å². The molecule has 0 fully saturated rings. The molecule has 0 unspecified atom stereocenters. The topological polar surface area (TPSA) is 26.3 Å². The first-order valence-corrected chi connectivity index (χ1v) is 5.46. The van der Waals surface area contributed by atoms with E-state index in [-0.39, 0.29) is 11.5 Å². The average Bonchev–Trinajstić information content (AvgIpc) is 2.28. The van der Waals surface area contributed by atoms with Gasteiger partial charge in [-0.25, -0.2) is 0 Å². The van der Waals surface area contributed by atoms with Crippen LogP contribution in [-0.2, 0) is 0 Å². The van der Waals surface area contributed by atoms with Crippen molar-refractivity contribution in [1.29, 1.82) is 0 Å². The minimum atomic E-state index is -2.84. The maximum atomic E-state index is 12.0. The molecule has 0 atom stereocenters. The van der Waals surface area contributed by atoms with Gasteiger partial charge in [0.05, 0.1) is 0 Å². The molecular formula is C13H16F2O2. The molecule has 0 saturated carbocycles. The average molecular weight is 242 g/mol. The van der Waals surface area contributed by atoms with Crippen LogP contribution in [0.15, 0.2) is 24.3 Å². The van der Waals surface area contributed by atoms with Gasteiger partial charge in [-0.3, -0.25) is 4.79 Å². The lowest BCUT2D eigenvalue weighted by molar-refractivity contribution is -0.0498. The SMILES string of the molecule is CCC(C)(C)C(=O)c1ccc(OC(F)F)cc1. The van der Waals surface area contributed by atoms with E-state index in [1.807, 2.05) is 20.8 Å². The molecule has 1 aromatic rings. The molecular weight excluding hydrogens is 226 g/mol. The fourth-order valence-corrected chi connectivity index (χ4v) is 1.34.